The number of hydrogen-bond acceptors (Lipinski definition) is 1. The van der Waals surface area contributed by atoms with Gasteiger partial charge in [-0.1, -0.05) is 35.8 Å². The number of carbonyl (C=O) groups is 1. The summed E-state index contributed by atoms with van der Waals surface area (Å²) in [6, 6.07) is 4.53. The number of hydrogen-bond donors (Lipinski definition) is 1. The molecule has 0 aliphatic heterocycles. The van der Waals surface area contributed by atoms with Crippen molar-refractivity contribution in [3.8, 4) is 0 Å². The quantitative estimate of drug-likeness (QED) is 0.764. The summed E-state index contributed by atoms with van der Waals surface area (Å²) in [5, 5.41) is 3.76. The molecule has 0 bridgehead atoms. The fraction of sp³-hybridized carbons (Fsp3) is 0.462. The van der Waals surface area contributed by atoms with Crippen molar-refractivity contribution >= 4 is 37.8 Å². The molecule has 18 heavy (non-hydrogen) atoms. The Labute approximate surface area is 124 Å². The molecule has 5 heteroatoms. The highest BCUT2D eigenvalue weighted by atomic mass is 79.9. The summed E-state index contributed by atoms with van der Waals surface area (Å²) in [4.78, 5) is 12.1. The minimum atomic E-state index is -0.427. The first-order chi connectivity index (χ1) is 8.47. The summed E-state index contributed by atoms with van der Waals surface area (Å²) in [5.74, 6) is -0.343. The molecule has 0 fully saturated rings. The number of nitrogens with one attached hydrogen (secondary N) is 1. The predicted molar refractivity (Wildman–Crippen MR) is 78.6 cm³/mol. The van der Waals surface area contributed by atoms with E-state index in [1.54, 1.807) is 6.07 Å². The number of rotatable bonds is 5. The van der Waals surface area contributed by atoms with Gasteiger partial charge in [0.25, 0.3) is 5.91 Å². The third-order valence-corrected chi connectivity index (χ3v) is 4.00. The molecular formula is C13H16Br2FNO. The molecule has 1 aromatic rings. The zero-order valence-electron chi connectivity index (χ0n) is 10.3. The minimum absolute atomic E-state index is 0.0760. The van der Waals surface area contributed by atoms with E-state index in [9.17, 15) is 9.18 Å². The number of halogens is 3. The molecule has 1 aromatic carbocycles. The van der Waals surface area contributed by atoms with Crippen molar-refractivity contribution in [3.63, 3.8) is 0 Å². The maximum atomic E-state index is 13.3. The fourth-order valence-corrected chi connectivity index (χ4v) is 2.55. The van der Waals surface area contributed by atoms with E-state index in [4.69, 9.17) is 0 Å². The second-order valence-corrected chi connectivity index (χ2v) is 5.99. The van der Waals surface area contributed by atoms with Gasteiger partial charge in [-0.25, -0.2) is 4.39 Å². The van der Waals surface area contributed by atoms with Gasteiger partial charge in [0.15, 0.2) is 0 Å². The van der Waals surface area contributed by atoms with Gasteiger partial charge in [-0.15, -0.1) is 0 Å². The molecule has 2 nitrogen and oxygen atoms in total. The van der Waals surface area contributed by atoms with Crippen LogP contribution in [0, 0.1) is 11.7 Å². The van der Waals surface area contributed by atoms with Crippen molar-refractivity contribution in [2.75, 3.05) is 5.33 Å². The van der Waals surface area contributed by atoms with E-state index in [0.29, 0.717) is 11.5 Å². The Kier molecular flexibility index (Phi) is 6.29. The SMILES string of the molecule is CC(C)C(CCBr)NC(=O)c1cccc(F)c1Br. The zero-order valence-corrected chi connectivity index (χ0v) is 13.5. The summed E-state index contributed by atoms with van der Waals surface area (Å²) in [6.07, 6.45) is 0.844. The van der Waals surface area contributed by atoms with E-state index < -0.39 is 5.82 Å². The van der Waals surface area contributed by atoms with E-state index in [0.717, 1.165) is 11.8 Å². The van der Waals surface area contributed by atoms with Crippen LogP contribution in [0.1, 0.15) is 30.6 Å². The largest absolute Gasteiger partial charge is 0.349 e. The molecule has 1 amide bonds. The third-order valence-electron chi connectivity index (χ3n) is 2.74. The van der Waals surface area contributed by atoms with E-state index in [-0.39, 0.29) is 16.4 Å². The standard InChI is InChI=1S/C13H16Br2FNO/c1-8(2)11(6-7-14)17-13(18)9-4-3-5-10(16)12(9)15/h3-5,8,11H,6-7H2,1-2H3,(H,17,18). The lowest BCUT2D eigenvalue weighted by Crippen LogP contribution is -2.39. The van der Waals surface area contributed by atoms with Crippen molar-refractivity contribution in [2.45, 2.75) is 26.3 Å². The third kappa shape index (κ3) is 4.05. The van der Waals surface area contributed by atoms with E-state index >= 15 is 0 Å². The molecule has 0 aliphatic carbocycles. The maximum absolute atomic E-state index is 13.3. The van der Waals surface area contributed by atoms with Crippen molar-refractivity contribution in [1.82, 2.24) is 5.32 Å². The van der Waals surface area contributed by atoms with Crippen molar-refractivity contribution < 1.29 is 9.18 Å². The Morgan fingerprint density at radius 2 is 2.11 bits per heavy atom. The number of alkyl halides is 1. The zero-order chi connectivity index (χ0) is 13.7. The lowest BCUT2D eigenvalue weighted by molar-refractivity contribution is 0.0923. The van der Waals surface area contributed by atoms with Crippen molar-refractivity contribution in [2.24, 2.45) is 5.92 Å². The highest BCUT2D eigenvalue weighted by Gasteiger charge is 2.19. The van der Waals surface area contributed by atoms with Crippen LogP contribution in [0.4, 0.5) is 4.39 Å². The van der Waals surface area contributed by atoms with E-state index in [2.05, 4.69) is 37.2 Å². The van der Waals surface area contributed by atoms with Crippen LogP contribution in [0.25, 0.3) is 0 Å². The molecule has 1 atom stereocenters. The Morgan fingerprint density at radius 3 is 2.67 bits per heavy atom. The summed E-state index contributed by atoms with van der Waals surface area (Å²) in [7, 11) is 0. The second kappa shape index (κ2) is 7.24. The molecule has 0 saturated heterocycles. The van der Waals surface area contributed by atoms with Gasteiger partial charge < -0.3 is 5.32 Å². The van der Waals surface area contributed by atoms with Gasteiger partial charge in [-0.2, -0.15) is 0 Å². The summed E-state index contributed by atoms with van der Waals surface area (Å²) < 4.78 is 13.6. The lowest BCUT2D eigenvalue weighted by Gasteiger charge is -2.21. The van der Waals surface area contributed by atoms with Gasteiger partial charge in [0.1, 0.15) is 5.82 Å². The van der Waals surface area contributed by atoms with Crippen LogP contribution < -0.4 is 5.32 Å². The first kappa shape index (κ1) is 15.6. The molecular weight excluding hydrogens is 365 g/mol. The van der Waals surface area contributed by atoms with E-state index in [1.807, 2.05) is 13.8 Å². The Morgan fingerprint density at radius 1 is 1.44 bits per heavy atom. The molecule has 1 unspecified atom stereocenters. The van der Waals surface area contributed by atoms with Gasteiger partial charge in [0.05, 0.1) is 10.0 Å². The minimum Gasteiger partial charge on any atom is -0.349 e. The molecule has 0 saturated carbocycles. The second-order valence-electron chi connectivity index (χ2n) is 4.40. The van der Waals surface area contributed by atoms with Crippen LogP contribution >= 0.6 is 31.9 Å². The Bertz CT molecular complexity index is 423. The topological polar surface area (TPSA) is 29.1 Å². The smallest absolute Gasteiger partial charge is 0.252 e. The highest BCUT2D eigenvalue weighted by Crippen LogP contribution is 2.21. The van der Waals surface area contributed by atoms with Gasteiger partial charge in [-0.3, -0.25) is 4.79 Å². The van der Waals surface area contributed by atoms with Gasteiger partial charge in [0.2, 0.25) is 0 Å². The monoisotopic (exact) mass is 379 g/mol. The Balaban J connectivity index is 2.84. The average molecular weight is 381 g/mol. The maximum Gasteiger partial charge on any atom is 0.252 e. The molecule has 0 aliphatic rings. The van der Waals surface area contributed by atoms with Crippen LogP contribution in [-0.4, -0.2) is 17.3 Å². The first-order valence-electron chi connectivity index (χ1n) is 5.78. The van der Waals surface area contributed by atoms with Gasteiger partial charge >= 0.3 is 0 Å². The van der Waals surface area contributed by atoms with Crippen molar-refractivity contribution in [1.29, 1.82) is 0 Å². The van der Waals surface area contributed by atoms with Crippen LogP contribution in [0.15, 0.2) is 22.7 Å². The molecule has 0 radical (unpaired) electrons. The summed E-state index contributed by atoms with van der Waals surface area (Å²) in [6.45, 7) is 4.10. The highest BCUT2D eigenvalue weighted by molar-refractivity contribution is 9.10. The number of carbonyl (C=O) groups excluding carboxylic acids is 1. The van der Waals surface area contributed by atoms with E-state index in [1.165, 1.54) is 12.1 Å². The molecule has 1 N–H and O–H groups in total. The predicted octanol–water partition coefficient (Wildman–Crippen LogP) is 4.13. The number of benzene rings is 1. The van der Waals surface area contributed by atoms with Crippen molar-refractivity contribution in [3.05, 3.63) is 34.1 Å². The number of amides is 1. The van der Waals surface area contributed by atoms with Crippen LogP contribution in [0.2, 0.25) is 0 Å². The van der Waals surface area contributed by atoms with Crippen LogP contribution in [0.3, 0.4) is 0 Å². The Hall–Kier alpha value is -0.420. The fourth-order valence-electron chi connectivity index (χ4n) is 1.62. The first-order valence-corrected chi connectivity index (χ1v) is 7.69. The summed E-state index contributed by atoms with van der Waals surface area (Å²) >= 11 is 6.47. The molecule has 100 valence electrons. The summed E-state index contributed by atoms with van der Waals surface area (Å²) in [5.41, 5.74) is 0.329. The molecule has 0 spiro atoms. The average Bonchev–Trinajstić information content (AvgIpc) is 2.31. The normalized spacial score (nSPS) is 12.6. The lowest BCUT2D eigenvalue weighted by atomic mass is 10.0. The molecule has 0 heterocycles. The van der Waals surface area contributed by atoms with Crippen LogP contribution in [-0.2, 0) is 0 Å². The van der Waals surface area contributed by atoms with Crippen LogP contribution in [0.5, 0.6) is 0 Å². The van der Waals surface area contributed by atoms with Gasteiger partial charge in [0, 0.05) is 11.4 Å². The van der Waals surface area contributed by atoms with Gasteiger partial charge in [-0.05, 0) is 40.4 Å². The molecule has 1 rings (SSSR count). The molecule has 0 aromatic heterocycles.